The predicted molar refractivity (Wildman–Crippen MR) is 113 cm³/mol. The van der Waals surface area contributed by atoms with E-state index in [0.29, 0.717) is 13.0 Å². The van der Waals surface area contributed by atoms with Gasteiger partial charge in [-0.2, -0.15) is 5.10 Å². The van der Waals surface area contributed by atoms with Crippen molar-refractivity contribution in [3.8, 4) is 0 Å². The topological polar surface area (TPSA) is 74.7 Å². The zero-order chi connectivity index (χ0) is 20.0. The molecule has 1 N–H and O–H groups in total. The zero-order valence-corrected chi connectivity index (χ0v) is 17.2. The van der Waals surface area contributed by atoms with Crippen molar-refractivity contribution in [3.63, 3.8) is 0 Å². The first kappa shape index (κ1) is 20.3. The van der Waals surface area contributed by atoms with E-state index in [2.05, 4.69) is 15.5 Å². The van der Waals surface area contributed by atoms with E-state index >= 15 is 0 Å². The zero-order valence-electron chi connectivity index (χ0n) is 16.4. The molecule has 1 aromatic carbocycles. The first-order valence-electron chi connectivity index (χ1n) is 9.52. The van der Waals surface area contributed by atoms with Crippen molar-refractivity contribution in [2.75, 3.05) is 18.8 Å². The van der Waals surface area contributed by atoms with Gasteiger partial charge in [-0.1, -0.05) is 49.9 Å². The smallest absolute Gasteiger partial charge is 0.250 e. The van der Waals surface area contributed by atoms with Crippen molar-refractivity contribution >= 4 is 40.7 Å². The number of hydrogen-bond acceptors (Lipinski definition) is 5. The highest BCUT2D eigenvalue weighted by Gasteiger charge is 2.25. The monoisotopic (exact) mass is 398 g/mol. The Hall–Kier alpha value is -2.41. The molecule has 1 aliphatic heterocycles. The molecule has 2 amide bonds. The molecule has 148 valence electrons. The molecule has 0 atom stereocenters. The Morgan fingerprint density at radius 1 is 1.29 bits per heavy atom. The van der Waals surface area contributed by atoms with Crippen molar-refractivity contribution in [1.29, 1.82) is 0 Å². The number of nitrogens with one attached hydrogen (secondary N) is 1. The van der Waals surface area contributed by atoms with Gasteiger partial charge in [-0.15, -0.1) is 0 Å². The highest BCUT2D eigenvalue weighted by molar-refractivity contribution is 7.99. The number of piperidine rings is 1. The number of thioether (sulfide) groups is 1. The summed E-state index contributed by atoms with van der Waals surface area (Å²) in [6.07, 6.45) is 4.37. The third-order valence-corrected chi connectivity index (χ3v) is 5.48. The van der Waals surface area contributed by atoms with Gasteiger partial charge >= 0.3 is 0 Å². The van der Waals surface area contributed by atoms with E-state index in [4.69, 9.17) is 0 Å². The number of carbonyl (C=O) groups is 2. The van der Waals surface area contributed by atoms with E-state index in [1.54, 1.807) is 6.21 Å². The number of amides is 2. The van der Waals surface area contributed by atoms with Gasteiger partial charge in [-0.3, -0.25) is 9.59 Å². The van der Waals surface area contributed by atoms with Crippen LogP contribution in [-0.2, 0) is 9.59 Å². The molecule has 0 bridgehead atoms. The summed E-state index contributed by atoms with van der Waals surface area (Å²) in [6, 6.07) is 11.8. The van der Waals surface area contributed by atoms with Gasteiger partial charge in [-0.05, 0) is 25.0 Å². The standard InChI is InChI=1S/C21H26N4O2S/c1-21(2,15-25-12-6-5-9-20(25)27)14-22-24-18(26)13-28-19-11-10-16-7-3-4-8-17(16)23-19/h3-4,7-8,10-11,14H,5-6,9,12-13,15H2,1-2H3,(H,24,26). The van der Waals surface area contributed by atoms with Crippen LogP contribution in [0.1, 0.15) is 33.1 Å². The molecule has 28 heavy (non-hydrogen) atoms. The van der Waals surface area contributed by atoms with Crippen LogP contribution in [0.5, 0.6) is 0 Å². The third kappa shape index (κ3) is 5.79. The van der Waals surface area contributed by atoms with Gasteiger partial charge in [0.25, 0.3) is 0 Å². The third-order valence-electron chi connectivity index (χ3n) is 4.55. The molecule has 0 radical (unpaired) electrons. The fourth-order valence-electron chi connectivity index (χ4n) is 3.14. The summed E-state index contributed by atoms with van der Waals surface area (Å²) in [4.78, 5) is 30.5. The molecule has 7 heteroatoms. The van der Waals surface area contributed by atoms with Gasteiger partial charge in [0.2, 0.25) is 11.8 Å². The number of benzene rings is 1. The number of fused-ring (bicyclic) bond motifs is 1. The molecular weight excluding hydrogens is 372 g/mol. The number of likely N-dealkylation sites (tertiary alicyclic amines) is 1. The Bertz CT molecular complexity index is 882. The van der Waals surface area contributed by atoms with Gasteiger partial charge in [-0.25, -0.2) is 10.4 Å². The van der Waals surface area contributed by atoms with Gasteiger partial charge in [0, 0.05) is 36.5 Å². The maximum absolute atomic E-state index is 12.1. The first-order valence-corrected chi connectivity index (χ1v) is 10.5. The van der Waals surface area contributed by atoms with Crippen LogP contribution in [-0.4, -0.2) is 46.8 Å². The van der Waals surface area contributed by atoms with E-state index in [1.165, 1.54) is 11.8 Å². The highest BCUT2D eigenvalue weighted by Crippen LogP contribution is 2.20. The molecule has 6 nitrogen and oxygen atoms in total. The first-order chi connectivity index (χ1) is 13.4. The Balaban J connectivity index is 1.46. The van der Waals surface area contributed by atoms with E-state index in [9.17, 15) is 9.59 Å². The number of para-hydroxylation sites is 1. The maximum Gasteiger partial charge on any atom is 0.250 e. The molecule has 0 aliphatic carbocycles. The number of carbonyl (C=O) groups excluding carboxylic acids is 2. The number of hydrazone groups is 1. The quantitative estimate of drug-likeness (QED) is 0.440. The summed E-state index contributed by atoms with van der Waals surface area (Å²) in [7, 11) is 0. The molecule has 0 spiro atoms. The molecule has 0 unspecified atom stereocenters. The van der Waals surface area contributed by atoms with Crippen molar-refractivity contribution in [1.82, 2.24) is 15.3 Å². The molecule has 2 heterocycles. The second-order valence-corrected chi connectivity index (χ2v) is 8.68. The van der Waals surface area contributed by atoms with E-state index in [-0.39, 0.29) is 23.0 Å². The van der Waals surface area contributed by atoms with E-state index in [1.807, 2.05) is 55.1 Å². The second kappa shape index (κ2) is 9.19. The number of nitrogens with zero attached hydrogens (tertiary/aromatic N) is 3. The molecule has 1 aromatic heterocycles. The highest BCUT2D eigenvalue weighted by atomic mass is 32.2. The van der Waals surface area contributed by atoms with Gasteiger partial charge in [0.15, 0.2) is 0 Å². The Morgan fingerprint density at radius 2 is 2.11 bits per heavy atom. The molecular formula is C21H26N4O2S. The summed E-state index contributed by atoms with van der Waals surface area (Å²) >= 11 is 1.38. The lowest BCUT2D eigenvalue weighted by molar-refractivity contribution is -0.134. The average Bonchev–Trinajstić information content (AvgIpc) is 2.68. The lowest BCUT2D eigenvalue weighted by atomic mass is 9.93. The second-order valence-electron chi connectivity index (χ2n) is 7.69. The van der Waals surface area contributed by atoms with Crippen LogP contribution in [0.4, 0.5) is 0 Å². The normalized spacial score (nSPS) is 15.4. The Kier molecular flexibility index (Phi) is 6.67. The van der Waals surface area contributed by atoms with Gasteiger partial charge in [0.05, 0.1) is 16.3 Å². The van der Waals surface area contributed by atoms with Crippen LogP contribution in [0.2, 0.25) is 0 Å². The van der Waals surface area contributed by atoms with Crippen molar-refractivity contribution in [2.45, 2.75) is 38.1 Å². The van der Waals surface area contributed by atoms with Crippen LogP contribution < -0.4 is 5.43 Å². The van der Waals surface area contributed by atoms with E-state index in [0.717, 1.165) is 35.3 Å². The molecule has 1 fully saturated rings. The number of pyridine rings is 1. The molecule has 1 saturated heterocycles. The molecule has 0 saturated carbocycles. The fourth-order valence-corrected chi connectivity index (χ4v) is 3.81. The van der Waals surface area contributed by atoms with Crippen LogP contribution in [0, 0.1) is 5.41 Å². The van der Waals surface area contributed by atoms with Crippen LogP contribution >= 0.6 is 11.8 Å². The van der Waals surface area contributed by atoms with Crippen LogP contribution in [0.15, 0.2) is 46.5 Å². The molecule has 1 aliphatic rings. The minimum atomic E-state index is -0.298. The van der Waals surface area contributed by atoms with Crippen molar-refractivity contribution < 1.29 is 9.59 Å². The molecule has 3 rings (SSSR count). The van der Waals surface area contributed by atoms with Crippen molar-refractivity contribution in [2.24, 2.45) is 10.5 Å². The summed E-state index contributed by atoms with van der Waals surface area (Å²) in [5, 5.41) is 5.99. The number of hydrogen-bond donors (Lipinski definition) is 1. The fraction of sp³-hybridized carbons (Fsp3) is 0.429. The Labute approximate surface area is 169 Å². The SMILES string of the molecule is CC(C)(C=NNC(=O)CSc1ccc2ccccc2n1)CN1CCCCC1=O. The lowest BCUT2D eigenvalue weighted by Crippen LogP contribution is -2.42. The van der Waals surface area contributed by atoms with Gasteiger partial charge < -0.3 is 4.90 Å². The minimum absolute atomic E-state index is 0.180. The summed E-state index contributed by atoms with van der Waals surface area (Å²) in [5.74, 6) is 0.269. The number of rotatable bonds is 7. The van der Waals surface area contributed by atoms with Crippen LogP contribution in [0.3, 0.4) is 0 Å². The summed E-state index contributed by atoms with van der Waals surface area (Å²) in [6.45, 7) is 5.44. The number of aromatic nitrogens is 1. The lowest BCUT2D eigenvalue weighted by Gasteiger charge is -2.32. The van der Waals surface area contributed by atoms with Crippen molar-refractivity contribution in [3.05, 3.63) is 36.4 Å². The molecule has 2 aromatic rings. The summed E-state index contributed by atoms with van der Waals surface area (Å²) < 4.78 is 0. The predicted octanol–water partition coefficient (Wildman–Crippen LogP) is 3.47. The van der Waals surface area contributed by atoms with Crippen LogP contribution in [0.25, 0.3) is 10.9 Å². The average molecular weight is 399 g/mol. The largest absolute Gasteiger partial charge is 0.342 e. The van der Waals surface area contributed by atoms with Gasteiger partial charge in [0.1, 0.15) is 0 Å². The maximum atomic E-state index is 12.1. The Morgan fingerprint density at radius 3 is 2.93 bits per heavy atom. The van der Waals surface area contributed by atoms with E-state index < -0.39 is 0 Å². The summed E-state index contributed by atoms with van der Waals surface area (Å²) in [5.41, 5.74) is 3.19. The minimum Gasteiger partial charge on any atom is -0.342 e.